The van der Waals surface area contributed by atoms with Crippen LogP contribution in [0.3, 0.4) is 0 Å². The molecule has 0 spiro atoms. The van der Waals surface area contributed by atoms with E-state index in [0.29, 0.717) is 5.16 Å². The van der Waals surface area contributed by atoms with Gasteiger partial charge in [-0.2, -0.15) is 4.98 Å². The van der Waals surface area contributed by atoms with E-state index in [1.54, 1.807) is 6.07 Å². The van der Waals surface area contributed by atoms with E-state index in [0.717, 1.165) is 11.8 Å². The van der Waals surface area contributed by atoms with E-state index in [9.17, 15) is 9.59 Å². The molecule has 2 aromatic heterocycles. The van der Waals surface area contributed by atoms with Crippen molar-refractivity contribution in [3.05, 3.63) is 24.2 Å². The van der Waals surface area contributed by atoms with Crippen LogP contribution in [0.25, 0.3) is 0 Å². The molecular formula is C9H9N5O3S. The number of furan rings is 1. The molecule has 2 rings (SSSR count). The highest BCUT2D eigenvalue weighted by atomic mass is 32.2. The number of aromatic amines is 1. The fourth-order valence-corrected chi connectivity index (χ4v) is 1.69. The van der Waals surface area contributed by atoms with Crippen molar-refractivity contribution >= 4 is 29.5 Å². The Morgan fingerprint density at radius 2 is 2.39 bits per heavy atom. The van der Waals surface area contributed by atoms with Crippen LogP contribution in [-0.4, -0.2) is 32.7 Å². The Labute approximate surface area is 105 Å². The predicted octanol–water partition coefficient (Wildman–Crippen LogP) is 0.0286. The molecule has 2 aromatic rings. The maximum atomic E-state index is 11.4. The predicted molar refractivity (Wildman–Crippen MR) is 62.7 cm³/mol. The van der Waals surface area contributed by atoms with Crippen molar-refractivity contribution < 1.29 is 14.0 Å². The van der Waals surface area contributed by atoms with Gasteiger partial charge in [-0.1, -0.05) is 11.8 Å². The molecule has 4 N–H and O–H groups in total. The first kappa shape index (κ1) is 12.2. The summed E-state index contributed by atoms with van der Waals surface area (Å²) < 4.78 is 4.84. The van der Waals surface area contributed by atoms with Crippen molar-refractivity contribution in [3.63, 3.8) is 0 Å². The number of nitrogen functional groups attached to an aromatic ring is 1. The van der Waals surface area contributed by atoms with Crippen molar-refractivity contribution in [2.45, 2.75) is 5.16 Å². The monoisotopic (exact) mass is 267 g/mol. The van der Waals surface area contributed by atoms with Crippen LogP contribution in [0, 0.1) is 0 Å². The number of nitrogens with zero attached hydrogens (tertiary/aromatic N) is 2. The average molecular weight is 267 g/mol. The number of rotatable bonds is 4. The van der Waals surface area contributed by atoms with Gasteiger partial charge in [-0.25, -0.2) is 5.10 Å². The van der Waals surface area contributed by atoms with Gasteiger partial charge in [0.25, 0.3) is 5.91 Å². The maximum absolute atomic E-state index is 11.4. The van der Waals surface area contributed by atoms with E-state index in [1.165, 1.54) is 12.3 Å². The van der Waals surface area contributed by atoms with E-state index in [4.69, 9.17) is 10.2 Å². The molecule has 0 saturated heterocycles. The topological polar surface area (TPSA) is 127 Å². The summed E-state index contributed by atoms with van der Waals surface area (Å²) in [5.41, 5.74) is 5.32. The first-order chi connectivity index (χ1) is 8.65. The molecule has 0 aromatic carbocycles. The minimum atomic E-state index is -0.583. The molecule has 94 valence electrons. The molecule has 0 aliphatic heterocycles. The van der Waals surface area contributed by atoms with Gasteiger partial charge in [0.1, 0.15) is 0 Å². The minimum Gasteiger partial charge on any atom is -0.459 e. The van der Waals surface area contributed by atoms with Crippen molar-refractivity contribution in [2.24, 2.45) is 0 Å². The molecule has 2 amide bonds. The van der Waals surface area contributed by atoms with Crippen molar-refractivity contribution in [2.75, 3.05) is 11.5 Å². The first-order valence-electron chi connectivity index (χ1n) is 4.83. The van der Waals surface area contributed by atoms with Crippen LogP contribution < -0.4 is 11.1 Å². The zero-order chi connectivity index (χ0) is 13.0. The summed E-state index contributed by atoms with van der Waals surface area (Å²) in [7, 11) is 0. The zero-order valence-corrected chi connectivity index (χ0v) is 9.86. The number of anilines is 1. The third kappa shape index (κ3) is 3.10. The van der Waals surface area contributed by atoms with E-state index in [2.05, 4.69) is 20.5 Å². The summed E-state index contributed by atoms with van der Waals surface area (Å²) >= 11 is 1.06. The summed E-state index contributed by atoms with van der Waals surface area (Å²) in [5.74, 6) is -0.797. The number of aromatic nitrogens is 3. The Balaban J connectivity index is 1.80. The fourth-order valence-electron chi connectivity index (χ4n) is 1.08. The second kappa shape index (κ2) is 5.36. The van der Waals surface area contributed by atoms with Gasteiger partial charge >= 0.3 is 0 Å². The summed E-state index contributed by atoms with van der Waals surface area (Å²) in [6.07, 6.45) is 1.35. The molecular weight excluding hydrogens is 258 g/mol. The lowest BCUT2D eigenvalue weighted by molar-refractivity contribution is -0.117. The average Bonchev–Trinajstić information content (AvgIpc) is 2.97. The van der Waals surface area contributed by atoms with Gasteiger partial charge < -0.3 is 10.2 Å². The summed E-state index contributed by atoms with van der Waals surface area (Å²) in [6, 6.07) is 3.02. The number of nitrogens with one attached hydrogen (secondary N) is 2. The number of hydrogen-bond donors (Lipinski definition) is 3. The molecule has 0 bridgehead atoms. The number of hydrogen-bond acceptors (Lipinski definition) is 7. The molecule has 2 heterocycles. The lowest BCUT2D eigenvalue weighted by Crippen LogP contribution is -2.31. The Kier molecular flexibility index (Phi) is 3.63. The number of amides is 2. The number of carbonyl (C=O) groups excluding carboxylic acids is 2. The third-order valence-corrected chi connectivity index (χ3v) is 2.66. The van der Waals surface area contributed by atoms with Gasteiger partial charge in [0, 0.05) is 0 Å². The standard InChI is InChI=1S/C9H9N5O3S/c10-8-12-9(14-13-8)18-4-6(15)11-7(16)5-2-1-3-17-5/h1-3H,4H2,(H,11,15,16)(H3,10,12,13,14). The van der Waals surface area contributed by atoms with Gasteiger partial charge in [-0.05, 0) is 12.1 Å². The second-order valence-corrected chi connectivity index (χ2v) is 4.09. The maximum Gasteiger partial charge on any atom is 0.293 e. The number of H-pyrrole nitrogens is 1. The fraction of sp³-hybridized carbons (Fsp3) is 0.111. The number of carbonyl (C=O) groups is 2. The highest BCUT2D eigenvalue weighted by Crippen LogP contribution is 2.12. The van der Waals surface area contributed by atoms with Crippen molar-refractivity contribution in [1.29, 1.82) is 0 Å². The van der Waals surface area contributed by atoms with E-state index < -0.39 is 11.8 Å². The molecule has 0 fully saturated rings. The van der Waals surface area contributed by atoms with Crippen LogP contribution in [0.15, 0.2) is 28.0 Å². The zero-order valence-electron chi connectivity index (χ0n) is 9.04. The number of imide groups is 1. The summed E-state index contributed by atoms with van der Waals surface area (Å²) in [6.45, 7) is 0. The van der Waals surface area contributed by atoms with Gasteiger partial charge in [0.15, 0.2) is 5.76 Å². The van der Waals surface area contributed by atoms with Gasteiger partial charge in [-0.3, -0.25) is 14.9 Å². The molecule has 18 heavy (non-hydrogen) atoms. The van der Waals surface area contributed by atoms with Gasteiger partial charge in [-0.15, -0.1) is 5.10 Å². The van der Waals surface area contributed by atoms with Crippen LogP contribution >= 0.6 is 11.8 Å². The molecule has 0 atom stereocenters. The van der Waals surface area contributed by atoms with Crippen LogP contribution in [0.4, 0.5) is 5.95 Å². The quantitative estimate of drug-likeness (QED) is 0.667. The molecule has 9 heteroatoms. The number of nitrogens with two attached hydrogens (primary N) is 1. The first-order valence-corrected chi connectivity index (χ1v) is 5.82. The number of thioether (sulfide) groups is 1. The van der Waals surface area contributed by atoms with Crippen LogP contribution in [0.2, 0.25) is 0 Å². The molecule has 8 nitrogen and oxygen atoms in total. The highest BCUT2D eigenvalue weighted by molar-refractivity contribution is 7.99. The summed E-state index contributed by atoms with van der Waals surface area (Å²) in [4.78, 5) is 26.7. The van der Waals surface area contributed by atoms with Crippen molar-refractivity contribution in [1.82, 2.24) is 20.5 Å². The van der Waals surface area contributed by atoms with E-state index in [-0.39, 0.29) is 17.5 Å². The van der Waals surface area contributed by atoms with Crippen LogP contribution in [0.1, 0.15) is 10.6 Å². The highest BCUT2D eigenvalue weighted by Gasteiger charge is 2.13. The summed E-state index contributed by atoms with van der Waals surface area (Å²) in [5, 5.41) is 8.68. The van der Waals surface area contributed by atoms with Crippen LogP contribution in [0.5, 0.6) is 0 Å². The minimum absolute atomic E-state index is 0.00371. The molecule has 0 aliphatic rings. The van der Waals surface area contributed by atoms with Crippen molar-refractivity contribution in [3.8, 4) is 0 Å². The van der Waals surface area contributed by atoms with Gasteiger partial charge in [0.2, 0.25) is 17.0 Å². The molecule has 0 radical (unpaired) electrons. The Morgan fingerprint density at radius 1 is 1.56 bits per heavy atom. The Morgan fingerprint density at radius 3 is 3.00 bits per heavy atom. The molecule has 0 saturated carbocycles. The molecule has 0 unspecified atom stereocenters. The lowest BCUT2D eigenvalue weighted by atomic mass is 10.4. The smallest absolute Gasteiger partial charge is 0.293 e. The third-order valence-electron chi connectivity index (χ3n) is 1.81. The van der Waals surface area contributed by atoms with Crippen LogP contribution in [-0.2, 0) is 4.79 Å². The van der Waals surface area contributed by atoms with Gasteiger partial charge in [0.05, 0.1) is 12.0 Å². The normalized spacial score (nSPS) is 10.2. The Bertz CT molecular complexity index is 550. The second-order valence-electron chi connectivity index (χ2n) is 3.15. The van der Waals surface area contributed by atoms with E-state index in [1.807, 2.05) is 0 Å². The van der Waals surface area contributed by atoms with E-state index >= 15 is 0 Å². The lowest BCUT2D eigenvalue weighted by Gasteiger charge is -1.99. The molecule has 0 aliphatic carbocycles. The SMILES string of the molecule is Nc1nc(SCC(=O)NC(=O)c2ccco2)n[nH]1. The Hall–Kier alpha value is -2.29. The largest absolute Gasteiger partial charge is 0.459 e.